The van der Waals surface area contributed by atoms with E-state index in [-0.39, 0.29) is 5.91 Å². The molecule has 1 aromatic carbocycles. The van der Waals surface area contributed by atoms with Crippen molar-refractivity contribution in [1.29, 1.82) is 0 Å². The Labute approximate surface area is 105 Å². The van der Waals surface area contributed by atoms with Crippen molar-refractivity contribution >= 4 is 11.6 Å². The van der Waals surface area contributed by atoms with Crippen LogP contribution < -0.4 is 5.43 Å². The molecule has 0 fully saturated rings. The first-order valence-corrected chi connectivity index (χ1v) is 5.62. The maximum atomic E-state index is 11.8. The van der Waals surface area contributed by atoms with Crippen molar-refractivity contribution in [3.05, 3.63) is 59.5 Å². The van der Waals surface area contributed by atoms with Crippen LogP contribution in [0.2, 0.25) is 0 Å². The molecule has 0 unspecified atom stereocenters. The summed E-state index contributed by atoms with van der Waals surface area (Å²) in [5.74, 6) is 0.403. The van der Waals surface area contributed by atoms with E-state index in [0.717, 1.165) is 5.56 Å². The Kier molecular flexibility index (Phi) is 3.57. The van der Waals surface area contributed by atoms with Crippen LogP contribution >= 0.6 is 0 Å². The minimum atomic E-state index is -0.235. The molecule has 2 aromatic rings. The zero-order valence-corrected chi connectivity index (χ0v) is 10.3. The predicted octanol–water partition coefficient (Wildman–Crippen LogP) is 2.74. The summed E-state index contributed by atoms with van der Waals surface area (Å²) in [4.78, 5) is 11.8. The zero-order chi connectivity index (χ0) is 13.0. The molecule has 0 atom stereocenters. The summed E-state index contributed by atoms with van der Waals surface area (Å²) >= 11 is 0. The van der Waals surface area contributed by atoms with Crippen LogP contribution in [0.1, 0.15) is 28.6 Å². The van der Waals surface area contributed by atoms with E-state index in [2.05, 4.69) is 10.5 Å². The highest BCUT2D eigenvalue weighted by molar-refractivity contribution is 5.99. The van der Waals surface area contributed by atoms with Crippen molar-refractivity contribution in [2.75, 3.05) is 0 Å². The van der Waals surface area contributed by atoms with Crippen LogP contribution in [0.5, 0.6) is 0 Å². The summed E-state index contributed by atoms with van der Waals surface area (Å²) in [6, 6.07) is 10.9. The number of furan rings is 1. The number of rotatable bonds is 3. The van der Waals surface area contributed by atoms with Crippen molar-refractivity contribution in [2.24, 2.45) is 5.10 Å². The number of hydrogen-bond acceptors (Lipinski definition) is 3. The van der Waals surface area contributed by atoms with Gasteiger partial charge in [-0.3, -0.25) is 4.79 Å². The topological polar surface area (TPSA) is 54.6 Å². The summed E-state index contributed by atoms with van der Waals surface area (Å²) in [7, 11) is 0. The average Bonchev–Trinajstić information content (AvgIpc) is 2.90. The maximum Gasteiger partial charge on any atom is 0.271 e. The molecule has 18 heavy (non-hydrogen) atoms. The van der Waals surface area contributed by atoms with Crippen LogP contribution in [0.3, 0.4) is 0 Å². The molecule has 0 aliphatic heterocycles. The lowest BCUT2D eigenvalue weighted by Crippen LogP contribution is -2.19. The van der Waals surface area contributed by atoms with Crippen molar-refractivity contribution in [3.8, 4) is 0 Å². The number of hydrazone groups is 1. The second kappa shape index (κ2) is 5.31. The molecule has 1 heterocycles. The van der Waals surface area contributed by atoms with E-state index in [4.69, 9.17) is 4.42 Å². The Hall–Kier alpha value is -2.36. The fraction of sp³-hybridized carbons (Fsp3) is 0.143. The minimum Gasteiger partial charge on any atom is -0.463 e. The first-order valence-electron chi connectivity index (χ1n) is 5.62. The van der Waals surface area contributed by atoms with E-state index in [9.17, 15) is 4.79 Å². The number of carbonyl (C=O) groups is 1. The minimum absolute atomic E-state index is 0.235. The van der Waals surface area contributed by atoms with Crippen molar-refractivity contribution in [2.45, 2.75) is 13.8 Å². The Morgan fingerprint density at radius 2 is 1.94 bits per heavy atom. The van der Waals surface area contributed by atoms with Gasteiger partial charge in [-0.2, -0.15) is 5.10 Å². The van der Waals surface area contributed by atoms with Gasteiger partial charge >= 0.3 is 0 Å². The van der Waals surface area contributed by atoms with Gasteiger partial charge in [-0.05, 0) is 38.1 Å². The largest absolute Gasteiger partial charge is 0.463 e. The van der Waals surface area contributed by atoms with Crippen molar-refractivity contribution in [3.63, 3.8) is 0 Å². The first kappa shape index (κ1) is 12.1. The smallest absolute Gasteiger partial charge is 0.271 e. The van der Waals surface area contributed by atoms with E-state index in [1.54, 1.807) is 37.5 Å². The van der Waals surface area contributed by atoms with E-state index < -0.39 is 0 Å². The maximum absolute atomic E-state index is 11.8. The number of nitrogens with zero attached hydrogens (tertiary/aromatic N) is 1. The average molecular weight is 242 g/mol. The van der Waals surface area contributed by atoms with Gasteiger partial charge < -0.3 is 4.42 Å². The van der Waals surface area contributed by atoms with Crippen LogP contribution in [0.25, 0.3) is 0 Å². The zero-order valence-electron chi connectivity index (χ0n) is 10.3. The number of hydrogen-bond donors (Lipinski definition) is 1. The van der Waals surface area contributed by atoms with E-state index in [1.165, 1.54) is 0 Å². The fourth-order valence-corrected chi connectivity index (χ4v) is 1.44. The lowest BCUT2D eigenvalue weighted by atomic mass is 10.1. The lowest BCUT2D eigenvalue weighted by Gasteiger charge is -2.01. The second-order valence-electron chi connectivity index (χ2n) is 3.98. The molecule has 1 N–H and O–H groups in total. The third-order valence-corrected chi connectivity index (χ3v) is 2.52. The molecular formula is C14H14N2O2. The van der Waals surface area contributed by atoms with E-state index in [0.29, 0.717) is 17.0 Å². The quantitative estimate of drug-likeness (QED) is 0.664. The third kappa shape index (κ3) is 2.85. The highest BCUT2D eigenvalue weighted by Crippen LogP contribution is 2.04. The summed E-state index contributed by atoms with van der Waals surface area (Å²) in [5, 5.41) is 3.99. The molecule has 1 aromatic heterocycles. The van der Waals surface area contributed by atoms with Crippen LogP contribution in [-0.4, -0.2) is 11.6 Å². The fourth-order valence-electron chi connectivity index (χ4n) is 1.44. The molecule has 0 aliphatic carbocycles. The van der Waals surface area contributed by atoms with Crippen molar-refractivity contribution < 1.29 is 9.21 Å². The monoisotopic (exact) mass is 242 g/mol. The van der Waals surface area contributed by atoms with Gasteiger partial charge in [0.05, 0.1) is 6.26 Å². The lowest BCUT2D eigenvalue weighted by molar-refractivity contribution is 0.0955. The number of benzene rings is 1. The molecule has 92 valence electrons. The standard InChI is InChI=1S/C14H14N2O2/c1-10-5-7-12(8-6-10)14(17)16-15-11(2)13-4-3-9-18-13/h3-9H,1-2H3,(H,16,17)/b15-11+. The number of aryl methyl sites for hydroxylation is 1. The molecule has 4 nitrogen and oxygen atoms in total. The summed E-state index contributed by atoms with van der Waals surface area (Å²) in [6.45, 7) is 3.75. The van der Waals surface area contributed by atoms with Gasteiger partial charge in [0.15, 0.2) is 0 Å². The molecule has 1 amide bonds. The molecule has 0 radical (unpaired) electrons. The van der Waals surface area contributed by atoms with Gasteiger partial charge in [-0.15, -0.1) is 0 Å². The molecule has 2 rings (SSSR count). The normalized spacial score (nSPS) is 11.3. The molecule has 0 saturated carbocycles. The van der Waals surface area contributed by atoms with E-state index in [1.807, 2.05) is 19.1 Å². The van der Waals surface area contributed by atoms with E-state index >= 15 is 0 Å². The number of amides is 1. The summed E-state index contributed by atoms with van der Waals surface area (Å²) in [6.07, 6.45) is 1.57. The van der Waals surface area contributed by atoms with Gasteiger partial charge in [0.2, 0.25) is 0 Å². The Morgan fingerprint density at radius 3 is 2.56 bits per heavy atom. The molecule has 4 heteroatoms. The van der Waals surface area contributed by atoms with Gasteiger partial charge in [0.25, 0.3) is 5.91 Å². The summed E-state index contributed by atoms with van der Waals surface area (Å²) < 4.78 is 5.17. The second-order valence-corrected chi connectivity index (χ2v) is 3.98. The predicted molar refractivity (Wildman–Crippen MR) is 69.6 cm³/mol. The van der Waals surface area contributed by atoms with Crippen LogP contribution in [-0.2, 0) is 0 Å². The van der Waals surface area contributed by atoms with Gasteiger partial charge in [0.1, 0.15) is 11.5 Å². The van der Waals surface area contributed by atoms with Crippen LogP contribution in [0.4, 0.5) is 0 Å². The van der Waals surface area contributed by atoms with Gasteiger partial charge in [0, 0.05) is 5.56 Å². The molecule has 0 saturated heterocycles. The summed E-state index contributed by atoms with van der Waals surface area (Å²) in [5.41, 5.74) is 4.81. The van der Waals surface area contributed by atoms with Gasteiger partial charge in [-0.1, -0.05) is 17.7 Å². The molecule has 0 bridgehead atoms. The Balaban J connectivity index is 2.04. The molecular weight excluding hydrogens is 228 g/mol. The van der Waals surface area contributed by atoms with Gasteiger partial charge in [-0.25, -0.2) is 5.43 Å². The highest BCUT2D eigenvalue weighted by atomic mass is 16.3. The molecule has 0 aliphatic rings. The Morgan fingerprint density at radius 1 is 1.22 bits per heavy atom. The first-order chi connectivity index (χ1) is 8.66. The Bertz CT molecular complexity index is 554. The van der Waals surface area contributed by atoms with Crippen LogP contribution in [0.15, 0.2) is 52.2 Å². The number of nitrogens with one attached hydrogen (secondary N) is 1. The third-order valence-electron chi connectivity index (χ3n) is 2.52. The van der Waals surface area contributed by atoms with Crippen molar-refractivity contribution in [1.82, 2.24) is 5.43 Å². The highest BCUT2D eigenvalue weighted by Gasteiger charge is 2.05. The molecule has 0 spiro atoms. The number of carbonyl (C=O) groups excluding carboxylic acids is 1. The SMILES string of the molecule is C/C(=N\NC(=O)c1ccc(C)cc1)c1ccco1. The van der Waals surface area contributed by atoms with Crippen LogP contribution in [0, 0.1) is 6.92 Å².